The second-order valence-electron chi connectivity index (χ2n) is 5.89. The van der Waals surface area contributed by atoms with E-state index in [-0.39, 0.29) is 18.0 Å². The Morgan fingerprint density at radius 3 is 2.78 bits per heavy atom. The molecule has 0 fully saturated rings. The maximum Gasteiger partial charge on any atom is 0.274 e. The number of nitro benzene ring substituents is 1. The molecular weight excluding hydrogens is 292 g/mol. The van der Waals surface area contributed by atoms with Gasteiger partial charge in [-0.25, -0.2) is 0 Å². The third-order valence-electron chi connectivity index (χ3n) is 4.30. The number of fused-ring (bicyclic) bond motifs is 1. The van der Waals surface area contributed by atoms with Crippen molar-refractivity contribution in [2.45, 2.75) is 32.6 Å². The minimum Gasteiger partial charge on any atom is -0.325 e. The number of amides is 1. The molecule has 0 aliphatic heterocycles. The van der Waals surface area contributed by atoms with Crippen LogP contribution >= 0.6 is 0 Å². The third kappa shape index (κ3) is 3.23. The molecule has 1 aliphatic carbocycles. The second kappa shape index (κ2) is 6.20. The molecule has 3 rings (SSSR count). The van der Waals surface area contributed by atoms with Gasteiger partial charge < -0.3 is 5.32 Å². The molecule has 118 valence electrons. The van der Waals surface area contributed by atoms with Crippen LogP contribution in [0.4, 0.5) is 11.4 Å². The quantitative estimate of drug-likeness (QED) is 0.693. The predicted molar refractivity (Wildman–Crippen MR) is 88.6 cm³/mol. The minimum absolute atomic E-state index is 0.0142. The van der Waals surface area contributed by atoms with Crippen LogP contribution in [0.15, 0.2) is 36.4 Å². The fourth-order valence-corrected chi connectivity index (χ4v) is 3.07. The van der Waals surface area contributed by atoms with Crippen LogP contribution in [0.3, 0.4) is 0 Å². The highest BCUT2D eigenvalue weighted by atomic mass is 16.6. The lowest BCUT2D eigenvalue weighted by Gasteiger charge is -2.09. The lowest BCUT2D eigenvalue weighted by atomic mass is 10.0. The molecule has 1 N–H and O–H groups in total. The molecule has 0 bridgehead atoms. The van der Waals surface area contributed by atoms with Crippen LogP contribution < -0.4 is 5.32 Å². The first-order valence-corrected chi connectivity index (χ1v) is 7.69. The van der Waals surface area contributed by atoms with E-state index in [4.69, 9.17) is 0 Å². The average molecular weight is 310 g/mol. The Kier molecular flexibility index (Phi) is 4.10. The van der Waals surface area contributed by atoms with Crippen molar-refractivity contribution in [2.75, 3.05) is 5.32 Å². The number of rotatable bonds is 4. The molecule has 0 heterocycles. The summed E-state index contributed by atoms with van der Waals surface area (Å²) in [5.41, 5.74) is 4.67. The van der Waals surface area contributed by atoms with Crippen molar-refractivity contribution in [2.24, 2.45) is 0 Å². The molecule has 0 spiro atoms. The van der Waals surface area contributed by atoms with Gasteiger partial charge in [-0.1, -0.05) is 24.3 Å². The Labute approximate surface area is 134 Å². The van der Waals surface area contributed by atoms with Crippen molar-refractivity contribution < 1.29 is 9.72 Å². The van der Waals surface area contributed by atoms with Crippen LogP contribution in [0.2, 0.25) is 0 Å². The number of hydrogen-bond acceptors (Lipinski definition) is 3. The summed E-state index contributed by atoms with van der Waals surface area (Å²) < 4.78 is 0. The Morgan fingerprint density at radius 1 is 1.22 bits per heavy atom. The minimum atomic E-state index is -0.439. The summed E-state index contributed by atoms with van der Waals surface area (Å²) in [5.74, 6) is -0.161. The fraction of sp³-hybridized carbons (Fsp3) is 0.278. The zero-order valence-electron chi connectivity index (χ0n) is 13.0. The van der Waals surface area contributed by atoms with Crippen LogP contribution in [0.5, 0.6) is 0 Å². The third-order valence-corrected chi connectivity index (χ3v) is 4.30. The highest BCUT2D eigenvalue weighted by Crippen LogP contribution is 2.26. The maximum absolute atomic E-state index is 12.2. The van der Waals surface area contributed by atoms with Gasteiger partial charge in [0.25, 0.3) is 5.69 Å². The van der Waals surface area contributed by atoms with Gasteiger partial charge in [0.05, 0.1) is 22.6 Å². The highest BCUT2D eigenvalue weighted by molar-refractivity contribution is 5.93. The molecule has 0 radical (unpaired) electrons. The van der Waals surface area contributed by atoms with Gasteiger partial charge in [0.1, 0.15) is 0 Å². The van der Waals surface area contributed by atoms with E-state index in [1.54, 1.807) is 19.1 Å². The topological polar surface area (TPSA) is 72.2 Å². The van der Waals surface area contributed by atoms with Crippen molar-refractivity contribution in [1.82, 2.24) is 0 Å². The lowest BCUT2D eigenvalue weighted by molar-refractivity contribution is -0.385. The summed E-state index contributed by atoms with van der Waals surface area (Å²) in [7, 11) is 0. The van der Waals surface area contributed by atoms with E-state index in [0.717, 1.165) is 18.4 Å². The second-order valence-corrected chi connectivity index (χ2v) is 5.89. The van der Waals surface area contributed by atoms with Crippen molar-refractivity contribution >= 4 is 17.3 Å². The summed E-state index contributed by atoms with van der Waals surface area (Å²) in [6.07, 6.45) is 3.65. The molecule has 0 aromatic heterocycles. The summed E-state index contributed by atoms with van der Waals surface area (Å²) >= 11 is 0. The number of anilines is 1. The number of nitrogens with zero attached hydrogens (tertiary/aromatic N) is 1. The molecule has 0 atom stereocenters. The zero-order chi connectivity index (χ0) is 16.4. The highest BCUT2D eigenvalue weighted by Gasteiger charge is 2.16. The first-order chi connectivity index (χ1) is 11.0. The Bertz CT molecular complexity index is 784. The molecule has 1 amide bonds. The molecule has 5 heteroatoms. The van der Waals surface area contributed by atoms with Crippen molar-refractivity contribution in [3.05, 3.63) is 68.8 Å². The molecular formula is C18H18N2O3. The fourth-order valence-electron chi connectivity index (χ4n) is 3.07. The van der Waals surface area contributed by atoms with Crippen LogP contribution in [0.1, 0.15) is 28.7 Å². The van der Waals surface area contributed by atoms with Gasteiger partial charge in [-0.2, -0.15) is 0 Å². The molecule has 2 aromatic carbocycles. The van der Waals surface area contributed by atoms with Crippen LogP contribution in [0, 0.1) is 17.0 Å². The summed E-state index contributed by atoms with van der Waals surface area (Å²) in [6, 6.07) is 10.9. The molecule has 1 aliphatic rings. The maximum atomic E-state index is 12.2. The molecule has 0 saturated heterocycles. The average Bonchev–Trinajstić information content (AvgIpc) is 2.96. The number of aryl methyl sites for hydroxylation is 2. The lowest BCUT2D eigenvalue weighted by Crippen LogP contribution is -2.15. The number of carbonyl (C=O) groups is 1. The predicted octanol–water partition coefficient (Wildman–Crippen LogP) is 3.57. The summed E-state index contributed by atoms with van der Waals surface area (Å²) in [5, 5.41) is 13.7. The Morgan fingerprint density at radius 2 is 2.00 bits per heavy atom. The van der Waals surface area contributed by atoms with Gasteiger partial charge in [-0.15, -0.1) is 0 Å². The normalized spacial score (nSPS) is 12.7. The largest absolute Gasteiger partial charge is 0.325 e. The zero-order valence-corrected chi connectivity index (χ0v) is 13.0. The first kappa shape index (κ1) is 15.2. The van der Waals surface area contributed by atoms with E-state index in [9.17, 15) is 14.9 Å². The van der Waals surface area contributed by atoms with Crippen LogP contribution in [0.25, 0.3) is 0 Å². The number of benzene rings is 2. The Balaban J connectivity index is 1.73. The molecule has 0 unspecified atom stereocenters. The monoisotopic (exact) mass is 310 g/mol. The number of carbonyl (C=O) groups excluding carboxylic acids is 1. The molecule has 5 nitrogen and oxygen atoms in total. The van der Waals surface area contributed by atoms with Gasteiger partial charge in [-0.05, 0) is 48.9 Å². The number of nitro groups is 1. The van der Waals surface area contributed by atoms with Gasteiger partial charge in [-0.3, -0.25) is 14.9 Å². The van der Waals surface area contributed by atoms with E-state index in [2.05, 4.69) is 17.4 Å². The summed E-state index contributed by atoms with van der Waals surface area (Å²) in [6.45, 7) is 1.64. The standard InChI is InChI=1S/C18H18N2O3/c1-12-16(6-3-7-17(12)20(22)23)19-18(21)11-13-8-9-14-4-2-5-15(14)10-13/h3,6-10H,2,4-5,11H2,1H3,(H,19,21). The van der Waals surface area contributed by atoms with E-state index in [1.807, 2.05) is 6.07 Å². The van der Waals surface area contributed by atoms with Crippen LogP contribution in [-0.2, 0) is 24.1 Å². The number of nitrogens with one attached hydrogen (secondary N) is 1. The van der Waals surface area contributed by atoms with Gasteiger partial charge >= 0.3 is 0 Å². The first-order valence-electron chi connectivity index (χ1n) is 7.69. The molecule has 0 saturated carbocycles. The SMILES string of the molecule is Cc1c(NC(=O)Cc2ccc3c(c2)CCC3)cccc1[N+](=O)[O-]. The molecule has 23 heavy (non-hydrogen) atoms. The van der Waals surface area contributed by atoms with Crippen molar-refractivity contribution in [1.29, 1.82) is 0 Å². The van der Waals surface area contributed by atoms with Gasteiger partial charge in [0.2, 0.25) is 5.91 Å². The number of hydrogen-bond donors (Lipinski definition) is 1. The van der Waals surface area contributed by atoms with Gasteiger partial charge in [0.15, 0.2) is 0 Å². The van der Waals surface area contributed by atoms with E-state index in [0.29, 0.717) is 11.3 Å². The van der Waals surface area contributed by atoms with Gasteiger partial charge in [0, 0.05) is 6.07 Å². The van der Waals surface area contributed by atoms with Crippen LogP contribution in [-0.4, -0.2) is 10.8 Å². The Hall–Kier alpha value is -2.69. The molecule has 2 aromatic rings. The summed E-state index contributed by atoms with van der Waals surface area (Å²) in [4.78, 5) is 22.7. The van der Waals surface area contributed by atoms with E-state index in [1.165, 1.54) is 23.6 Å². The van der Waals surface area contributed by atoms with E-state index < -0.39 is 4.92 Å². The van der Waals surface area contributed by atoms with Crippen molar-refractivity contribution in [3.8, 4) is 0 Å². The smallest absolute Gasteiger partial charge is 0.274 e. The van der Waals surface area contributed by atoms with Crippen molar-refractivity contribution in [3.63, 3.8) is 0 Å². The van der Waals surface area contributed by atoms with E-state index >= 15 is 0 Å².